The molecule has 10 aromatic rings. The fourth-order valence-corrected chi connectivity index (χ4v) is 11.0. The Hall–Kier alpha value is -7.74. The fourth-order valence-electron chi connectivity index (χ4n) is 11.0. The second-order valence-electron chi connectivity index (χ2n) is 17.5. The molecule has 1 heteroatoms. The molecule has 0 amide bonds. The van der Waals surface area contributed by atoms with Gasteiger partial charge in [0, 0.05) is 27.8 Å². The number of benzene rings is 10. The first kappa shape index (κ1) is 37.1. The molecule has 2 aliphatic carbocycles. The zero-order valence-electron chi connectivity index (χ0n) is 35.5. The van der Waals surface area contributed by atoms with Gasteiger partial charge in [0.05, 0.1) is 5.69 Å². The van der Waals surface area contributed by atoms with Crippen LogP contribution in [0.3, 0.4) is 0 Å². The van der Waals surface area contributed by atoms with Crippen molar-refractivity contribution in [2.45, 2.75) is 24.7 Å². The van der Waals surface area contributed by atoms with Gasteiger partial charge in [-0.3, -0.25) is 0 Å². The highest BCUT2D eigenvalue weighted by Gasteiger charge is 2.42. The summed E-state index contributed by atoms with van der Waals surface area (Å²) in [5.74, 6) is 0. The number of nitrogens with zero attached hydrogens (tertiary/aromatic N) is 1. The number of para-hydroxylation sites is 1. The summed E-state index contributed by atoms with van der Waals surface area (Å²) in [6, 6.07) is 87.7. The number of fused-ring (bicyclic) bond motifs is 7. The average Bonchev–Trinajstić information content (AvgIpc) is 3.77. The van der Waals surface area contributed by atoms with Gasteiger partial charge in [-0.15, -0.1) is 0 Å². The third-order valence-electron chi connectivity index (χ3n) is 14.2. The van der Waals surface area contributed by atoms with Gasteiger partial charge in [-0.05, 0) is 139 Å². The molecule has 0 heterocycles. The summed E-state index contributed by atoms with van der Waals surface area (Å²) >= 11 is 0. The van der Waals surface area contributed by atoms with Gasteiger partial charge in [0.1, 0.15) is 0 Å². The van der Waals surface area contributed by atoms with E-state index in [1.807, 2.05) is 0 Å². The van der Waals surface area contributed by atoms with Gasteiger partial charge in [0.15, 0.2) is 0 Å². The van der Waals surface area contributed by atoms with Crippen molar-refractivity contribution in [2.75, 3.05) is 4.90 Å². The van der Waals surface area contributed by atoms with Crippen LogP contribution >= 0.6 is 0 Å². The van der Waals surface area contributed by atoms with Gasteiger partial charge in [-0.1, -0.05) is 194 Å². The summed E-state index contributed by atoms with van der Waals surface area (Å²) < 4.78 is 0. The Bertz CT molecular complexity index is 3360. The van der Waals surface area contributed by atoms with Crippen LogP contribution in [0.4, 0.5) is 17.1 Å². The number of rotatable bonds is 7. The molecule has 0 N–H and O–H groups in total. The lowest BCUT2D eigenvalue weighted by Gasteiger charge is -2.32. The van der Waals surface area contributed by atoms with E-state index in [1.54, 1.807) is 0 Å². The number of hydrogen-bond donors (Lipinski definition) is 0. The molecule has 0 fully saturated rings. The molecule has 0 saturated heterocycles. The predicted octanol–water partition coefficient (Wildman–Crippen LogP) is 16.3. The van der Waals surface area contributed by atoms with Crippen molar-refractivity contribution in [3.05, 3.63) is 270 Å². The Morgan fingerprint density at radius 3 is 1.40 bits per heavy atom. The van der Waals surface area contributed by atoms with Crippen LogP contribution in [0.5, 0.6) is 0 Å². The van der Waals surface area contributed by atoms with Gasteiger partial charge in [0.2, 0.25) is 0 Å². The standard InChI is InChI=1S/C62H45N/c1-61(47-19-5-3-6-20-47)56-26-14-11-24-52(56)54-37-33-46(40-58(54)61)51-23-13-16-28-60(51)63(49-34-31-43(32-35-49)45-30-29-42-17-9-10-18-44(42)39-45)50-36-38-55-53-25-12-15-27-57(53)62(2,59(55)41-50)48-21-7-4-8-22-48/h3-41H,1-2H3. The first-order valence-electron chi connectivity index (χ1n) is 22.1. The van der Waals surface area contributed by atoms with E-state index in [0.29, 0.717) is 0 Å². The van der Waals surface area contributed by atoms with Crippen molar-refractivity contribution in [2.24, 2.45) is 0 Å². The van der Waals surface area contributed by atoms with Crippen molar-refractivity contribution in [1.29, 1.82) is 0 Å². The average molecular weight is 804 g/mol. The smallest absolute Gasteiger partial charge is 0.0540 e. The van der Waals surface area contributed by atoms with E-state index in [2.05, 4.69) is 255 Å². The topological polar surface area (TPSA) is 3.24 Å². The summed E-state index contributed by atoms with van der Waals surface area (Å²) in [7, 11) is 0. The van der Waals surface area contributed by atoms with Crippen molar-refractivity contribution < 1.29 is 0 Å². The van der Waals surface area contributed by atoms with Gasteiger partial charge in [-0.25, -0.2) is 0 Å². The summed E-state index contributed by atoms with van der Waals surface area (Å²) in [5, 5.41) is 2.50. The van der Waals surface area contributed by atoms with E-state index in [0.717, 1.165) is 17.1 Å². The Morgan fingerprint density at radius 1 is 0.286 bits per heavy atom. The van der Waals surface area contributed by atoms with Crippen molar-refractivity contribution in [3.63, 3.8) is 0 Å². The molecule has 2 unspecified atom stereocenters. The SMILES string of the molecule is CC1(c2ccccc2)c2ccccc2-c2ccc(-c3ccccc3N(c3ccc(-c4ccc5ccccc5c4)cc3)c3ccc4c(c3)C(C)(c3ccccc3)c3ccccc3-4)cc21. The van der Waals surface area contributed by atoms with E-state index < -0.39 is 0 Å². The minimum Gasteiger partial charge on any atom is -0.310 e. The molecule has 0 radical (unpaired) electrons. The van der Waals surface area contributed by atoms with Gasteiger partial charge < -0.3 is 4.90 Å². The van der Waals surface area contributed by atoms with Crippen molar-refractivity contribution in [1.82, 2.24) is 0 Å². The van der Waals surface area contributed by atoms with Gasteiger partial charge >= 0.3 is 0 Å². The van der Waals surface area contributed by atoms with Crippen LogP contribution in [0.2, 0.25) is 0 Å². The third-order valence-corrected chi connectivity index (χ3v) is 14.2. The highest BCUT2D eigenvalue weighted by molar-refractivity contribution is 5.94. The Balaban J connectivity index is 1.05. The predicted molar refractivity (Wildman–Crippen MR) is 264 cm³/mol. The fraction of sp³-hybridized carbons (Fsp3) is 0.0645. The molecule has 0 aromatic heterocycles. The minimum absolute atomic E-state index is 0.298. The van der Waals surface area contributed by atoms with E-state index >= 15 is 0 Å². The summed E-state index contributed by atoms with van der Waals surface area (Å²) in [6.45, 7) is 4.80. The highest BCUT2D eigenvalue weighted by atomic mass is 15.1. The van der Waals surface area contributed by atoms with Crippen LogP contribution in [0, 0.1) is 0 Å². The second-order valence-corrected chi connectivity index (χ2v) is 17.5. The van der Waals surface area contributed by atoms with E-state index in [9.17, 15) is 0 Å². The maximum absolute atomic E-state index is 2.48. The molecule has 10 aromatic carbocycles. The van der Waals surface area contributed by atoms with Crippen LogP contribution in [-0.4, -0.2) is 0 Å². The van der Waals surface area contributed by atoms with Crippen LogP contribution in [0.25, 0.3) is 55.3 Å². The molecule has 0 bridgehead atoms. The van der Waals surface area contributed by atoms with Crippen LogP contribution < -0.4 is 4.90 Å². The molecule has 0 spiro atoms. The monoisotopic (exact) mass is 803 g/mol. The van der Waals surface area contributed by atoms with Crippen LogP contribution in [0.1, 0.15) is 47.2 Å². The maximum atomic E-state index is 2.48. The quantitative estimate of drug-likeness (QED) is 0.155. The molecule has 0 aliphatic heterocycles. The maximum Gasteiger partial charge on any atom is 0.0540 e. The Kier molecular flexibility index (Phi) is 8.49. The van der Waals surface area contributed by atoms with E-state index in [1.165, 1.54) is 88.7 Å². The zero-order chi connectivity index (χ0) is 42.1. The molecule has 2 atom stereocenters. The number of hydrogen-bond acceptors (Lipinski definition) is 1. The third kappa shape index (κ3) is 5.70. The molecule has 2 aliphatic rings. The van der Waals surface area contributed by atoms with Gasteiger partial charge in [-0.2, -0.15) is 0 Å². The van der Waals surface area contributed by atoms with E-state index in [-0.39, 0.29) is 10.8 Å². The number of anilines is 3. The zero-order valence-corrected chi connectivity index (χ0v) is 35.5. The van der Waals surface area contributed by atoms with Crippen LogP contribution in [-0.2, 0) is 10.8 Å². The minimum atomic E-state index is -0.328. The molecule has 0 saturated carbocycles. The molecule has 12 rings (SSSR count). The first-order valence-corrected chi connectivity index (χ1v) is 22.1. The largest absolute Gasteiger partial charge is 0.310 e. The summed E-state index contributed by atoms with van der Waals surface area (Å²) in [4.78, 5) is 2.48. The normalized spacial score (nSPS) is 16.9. The van der Waals surface area contributed by atoms with Crippen LogP contribution in [0.15, 0.2) is 237 Å². The lowest BCUT2D eigenvalue weighted by Crippen LogP contribution is -2.23. The Labute approximate surface area is 370 Å². The molecule has 1 nitrogen and oxygen atoms in total. The molecular formula is C62H45N. The molecular weight excluding hydrogens is 759 g/mol. The second kappa shape index (κ2) is 14.4. The first-order chi connectivity index (χ1) is 31.0. The summed E-state index contributed by atoms with van der Waals surface area (Å²) in [6.07, 6.45) is 0. The molecule has 63 heavy (non-hydrogen) atoms. The van der Waals surface area contributed by atoms with Crippen molar-refractivity contribution >= 4 is 27.8 Å². The lowest BCUT2D eigenvalue weighted by atomic mass is 9.74. The Morgan fingerprint density at radius 2 is 0.746 bits per heavy atom. The molecule has 298 valence electrons. The van der Waals surface area contributed by atoms with Crippen molar-refractivity contribution in [3.8, 4) is 44.5 Å². The summed E-state index contributed by atoms with van der Waals surface area (Å²) in [5.41, 5.74) is 20.7. The lowest BCUT2D eigenvalue weighted by molar-refractivity contribution is 0.714. The van der Waals surface area contributed by atoms with Gasteiger partial charge in [0.25, 0.3) is 0 Å². The highest BCUT2D eigenvalue weighted by Crippen LogP contribution is 2.56. The van der Waals surface area contributed by atoms with E-state index in [4.69, 9.17) is 0 Å².